The number of nitrogens with two attached hydrogens (primary N) is 2. The van der Waals surface area contributed by atoms with Gasteiger partial charge < -0.3 is 21.9 Å². The van der Waals surface area contributed by atoms with Crippen molar-refractivity contribution in [2.75, 3.05) is 0 Å². The molecule has 2 aromatic carbocycles. The predicted molar refractivity (Wildman–Crippen MR) is 123 cm³/mol. The van der Waals surface area contributed by atoms with Crippen molar-refractivity contribution in [1.29, 1.82) is 0 Å². The van der Waals surface area contributed by atoms with E-state index in [0.717, 1.165) is 18.4 Å². The van der Waals surface area contributed by atoms with Gasteiger partial charge in [-0.25, -0.2) is 9.79 Å². The van der Waals surface area contributed by atoms with Crippen molar-refractivity contribution in [3.05, 3.63) is 65.2 Å². The van der Waals surface area contributed by atoms with E-state index in [2.05, 4.69) is 17.2 Å². The van der Waals surface area contributed by atoms with Gasteiger partial charge in [0, 0.05) is 6.42 Å². The molecule has 1 atom stereocenters. The third kappa shape index (κ3) is 8.90. The zero-order valence-corrected chi connectivity index (χ0v) is 18.0. The highest BCUT2D eigenvalue weighted by molar-refractivity contribution is 5.85. The summed E-state index contributed by atoms with van der Waals surface area (Å²) in [5.74, 6) is -1.51. The molecule has 0 aliphatic carbocycles. The van der Waals surface area contributed by atoms with Crippen LogP contribution < -0.4 is 16.8 Å². The molecular formula is C24H32N4O3. The minimum absolute atomic E-state index is 0.0360. The van der Waals surface area contributed by atoms with Gasteiger partial charge in [-0.3, -0.25) is 4.79 Å². The Balaban J connectivity index is 1.93. The number of carboxylic acids is 1. The fraction of sp³-hybridized carbons (Fsp3) is 0.375. The average Bonchev–Trinajstić information content (AvgIpc) is 2.71. The standard InChI is InChI=1S/C24H32N4O3/c1-2-3-4-5-7-17-10-12-18(13-11-17)15-21(23(30)31)28-22(29)16-19-8-6-9-20(14-19)27-24(25)26/h6,8-14,21H,2-5,7,15-16H2,1H3,(H,28,29)(H,30,31)(H4,25,26,27)/t21-/m0/s1. The van der Waals surface area contributed by atoms with Crippen molar-refractivity contribution in [3.8, 4) is 0 Å². The molecule has 1 amide bonds. The van der Waals surface area contributed by atoms with Gasteiger partial charge in [0.2, 0.25) is 5.91 Å². The van der Waals surface area contributed by atoms with Gasteiger partial charge in [0.25, 0.3) is 0 Å². The van der Waals surface area contributed by atoms with E-state index in [0.29, 0.717) is 11.3 Å². The number of carbonyl (C=O) groups is 2. The molecule has 0 bridgehead atoms. The Bertz CT molecular complexity index is 890. The van der Waals surface area contributed by atoms with Crippen LogP contribution in [0.4, 0.5) is 5.69 Å². The number of benzene rings is 2. The number of unbranched alkanes of at least 4 members (excludes halogenated alkanes) is 3. The molecule has 7 nitrogen and oxygen atoms in total. The van der Waals surface area contributed by atoms with E-state index in [1.54, 1.807) is 24.3 Å². The van der Waals surface area contributed by atoms with E-state index in [4.69, 9.17) is 11.5 Å². The minimum Gasteiger partial charge on any atom is -0.480 e. The smallest absolute Gasteiger partial charge is 0.326 e. The summed E-state index contributed by atoms with van der Waals surface area (Å²) < 4.78 is 0. The molecule has 0 unspecified atom stereocenters. The summed E-state index contributed by atoms with van der Waals surface area (Å²) in [4.78, 5) is 28.0. The Morgan fingerprint density at radius 2 is 1.71 bits per heavy atom. The number of aryl methyl sites for hydroxylation is 1. The average molecular weight is 425 g/mol. The van der Waals surface area contributed by atoms with Crippen LogP contribution in [0, 0.1) is 0 Å². The van der Waals surface area contributed by atoms with E-state index >= 15 is 0 Å². The lowest BCUT2D eigenvalue weighted by molar-refractivity contribution is -0.141. The van der Waals surface area contributed by atoms with Crippen LogP contribution in [-0.4, -0.2) is 29.0 Å². The normalized spacial score (nSPS) is 11.5. The molecule has 0 aliphatic rings. The molecule has 0 radical (unpaired) electrons. The molecule has 0 saturated heterocycles. The predicted octanol–water partition coefficient (Wildman–Crippen LogP) is 3.07. The molecule has 166 valence electrons. The van der Waals surface area contributed by atoms with E-state index in [1.165, 1.54) is 24.8 Å². The van der Waals surface area contributed by atoms with Crippen LogP contribution in [0.5, 0.6) is 0 Å². The Labute approximate surface area is 183 Å². The molecule has 0 heterocycles. The summed E-state index contributed by atoms with van der Waals surface area (Å²) in [6.45, 7) is 2.19. The van der Waals surface area contributed by atoms with Gasteiger partial charge in [-0.15, -0.1) is 0 Å². The number of carbonyl (C=O) groups excluding carboxylic acids is 1. The number of carboxylic acid groups (broad SMARTS) is 1. The largest absolute Gasteiger partial charge is 0.480 e. The molecule has 0 aromatic heterocycles. The summed E-state index contributed by atoms with van der Waals surface area (Å²) in [6, 6.07) is 13.9. The molecule has 7 heteroatoms. The van der Waals surface area contributed by atoms with Crippen LogP contribution in [0.3, 0.4) is 0 Å². The number of rotatable bonds is 12. The van der Waals surface area contributed by atoms with Crippen LogP contribution in [0.1, 0.15) is 49.3 Å². The van der Waals surface area contributed by atoms with E-state index in [9.17, 15) is 14.7 Å². The lowest BCUT2D eigenvalue weighted by atomic mass is 10.0. The highest BCUT2D eigenvalue weighted by atomic mass is 16.4. The van der Waals surface area contributed by atoms with Crippen LogP contribution in [0.2, 0.25) is 0 Å². The van der Waals surface area contributed by atoms with Crippen molar-refractivity contribution in [2.24, 2.45) is 16.5 Å². The number of nitrogens with one attached hydrogen (secondary N) is 1. The summed E-state index contributed by atoms with van der Waals surface area (Å²) in [5, 5.41) is 12.2. The van der Waals surface area contributed by atoms with Crippen molar-refractivity contribution in [3.63, 3.8) is 0 Å². The van der Waals surface area contributed by atoms with Crippen molar-refractivity contribution >= 4 is 23.5 Å². The van der Waals surface area contributed by atoms with Crippen LogP contribution in [-0.2, 0) is 28.9 Å². The Hall–Kier alpha value is -3.35. The molecule has 0 aliphatic heterocycles. The number of amides is 1. The van der Waals surface area contributed by atoms with Gasteiger partial charge in [-0.1, -0.05) is 62.6 Å². The van der Waals surface area contributed by atoms with Crippen LogP contribution in [0.15, 0.2) is 53.5 Å². The van der Waals surface area contributed by atoms with Crippen molar-refractivity contribution < 1.29 is 14.7 Å². The molecule has 31 heavy (non-hydrogen) atoms. The highest BCUT2D eigenvalue weighted by Crippen LogP contribution is 2.15. The zero-order valence-electron chi connectivity index (χ0n) is 18.0. The number of aliphatic carboxylic acids is 1. The minimum atomic E-state index is -1.06. The van der Waals surface area contributed by atoms with E-state index in [1.807, 2.05) is 24.3 Å². The third-order valence-electron chi connectivity index (χ3n) is 4.95. The van der Waals surface area contributed by atoms with Crippen LogP contribution >= 0.6 is 0 Å². The first-order valence-electron chi connectivity index (χ1n) is 10.7. The SMILES string of the molecule is CCCCCCc1ccc(C[C@H](NC(=O)Cc2cccc(N=C(N)N)c2)C(=O)O)cc1. The van der Waals surface area contributed by atoms with E-state index < -0.39 is 12.0 Å². The number of guanidine groups is 1. The maximum Gasteiger partial charge on any atom is 0.326 e. The Kier molecular flexibility index (Phi) is 9.55. The summed E-state index contributed by atoms with van der Waals surface area (Å²) in [7, 11) is 0. The monoisotopic (exact) mass is 424 g/mol. The number of aliphatic imine (C=N–C) groups is 1. The number of hydrogen-bond donors (Lipinski definition) is 4. The first-order chi connectivity index (χ1) is 14.9. The molecule has 0 saturated carbocycles. The second-order valence-electron chi connectivity index (χ2n) is 7.67. The summed E-state index contributed by atoms with van der Waals surface area (Å²) in [5.41, 5.74) is 14.1. The number of hydrogen-bond acceptors (Lipinski definition) is 3. The lowest BCUT2D eigenvalue weighted by Gasteiger charge is -2.15. The van der Waals surface area contributed by atoms with Crippen molar-refractivity contribution in [1.82, 2.24) is 5.32 Å². The first-order valence-corrected chi connectivity index (χ1v) is 10.7. The second kappa shape index (κ2) is 12.4. The van der Waals surface area contributed by atoms with Gasteiger partial charge in [0.1, 0.15) is 6.04 Å². The highest BCUT2D eigenvalue weighted by Gasteiger charge is 2.20. The molecular weight excluding hydrogens is 392 g/mol. The lowest BCUT2D eigenvalue weighted by Crippen LogP contribution is -2.43. The third-order valence-corrected chi connectivity index (χ3v) is 4.95. The summed E-state index contributed by atoms with van der Waals surface area (Å²) in [6.07, 6.45) is 6.13. The quantitative estimate of drug-likeness (QED) is 0.236. The van der Waals surface area contributed by atoms with E-state index in [-0.39, 0.29) is 24.7 Å². The van der Waals surface area contributed by atoms with Gasteiger partial charge >= 0.3 is 5.97 Å². The summed E-state index contributed by atoms with van der Waals surface area (Å²) >= 11 is 0. The van der Waals surface area contributed by atoms with Gasteiger partial charge in [-0.2, -0.15) is 0 Å². The van der Waals surface area contributed by atoms with Crippen LogP contribution in [0.25, 0.3) is 0 Å². The number of nitrogens with zero attached hydrogens (tertiary/aromatic N) is 1. The molecule has 2 aromatic rings. The molecule has 0 spiro atoms. The maximum absolute atomic E-state index is 12.4. The van der Waals surface area contributed by atoms with Gasteiger partial charge in [0.15, 0.2) is 5.96 Å². The van der Waals surface area contributed by atoms with Gasteiger partial charge in [-0.05, 0) is 41.7 Å². The van der Waals surface area contributed by atoms with Gasteiger partial charge in [0.05, 0.1) is 12.1 Å². The second-order valence-corrected chi connectivity index (χ2v) is 7.67. The Morgan fingerprint density at radius 1 is 1.00 bits per heavy atom. The fourth-order valence-electron chi connectivity index (χ4n) is 3.35. The molecule has 2 rings (SSSR count). The van der Waals surface area contributed by atoms with Crippen molar-refractivity contribution in [2.45, 2.75) is 57.9 Å². The zero-order chi connectivity index (χ0) is 22.6. The molecule has 6 N–H and O–H groups in total. The maximum atomic E-state index is 12.4. The fourth-order valence-corrected chi connectivity index (χ4v) is 3.35. The molecule has 0 fully saturated rings. The first kappa shape index (κ1) is 23.9. The Morgan fingerprint density at radius 3 is 2.35 bits per heavy atom. The topological polar surface area (TPSA) is 131 Å².